The van der Waals surface area contributed by atoms with Crippen molar-refractivity contribution in [3.8, 4) is 0 Å². The lowest BCUT2D eigenvalue weighted by molar-refractivity contribution is -0.144. The zero-order chi connectivity index (χ0) is 18.5. The zero-order valence-electron chi connectivity index (χ0n) is 13.2. The van der Waals surface area contributed by atoms with Gasteiger partial charge in [-0.3, -0.25) is 9.88 Å². The smallest absolute Gasteiger partial charge is 0.408 e. The number of halogens is 3. The summed E-state index contributed by atoms with van der Waals surface area (Å²) in [4.78, 5) is 23.9. The van der Waals surface area contributed by atoms with Crippen LogP contribution in [0.2, 0.25) is 0 Å². The number of alkyl carbamates (subject to hydrolysis) is 1. The molecule has 0 saturated heterocycles. The van der Waals surface area contributed by atoms with Crippen LogP contribution in [0.4, 0.5) is 4.79 Å². The van der Waals surface area contributed by atoms with E-state index in [1.807, 2.05) is 0 Å². The Bertz CT molecular complexity index is 467. The average Bonchev–Trinajstić information content (AvgIpc) is 2.38. The lowest BCUT2D eigenvalue weighted by Crippen LogP contribution is -2.45. The molecule has 0 saturated carbocycles. The number of carbonyl (C=O) groups excluding carboxylic acids is 2. The Morgan fingerprint density at radius 1 is 1.13 bits per heavy atom. The lowest BCUT2D eigenvalue weighted by atomic mass is 10.2. The number of rotatable bonds is 6. The van der Waals surface area contributed by atoms with Gasteiger partial charge in [0.1, 0.15) is 12.2 Å². The van der Waals surface area contributed by atoms with E-state index in [0.717, 1.165) is 14.2 Å². The predicted molar refractivity (Wildman–Crippen MR) is 86.0 cm³/mol. The Morgan fingerprint density at radius 2 is 1.61 bits per heavy atom. The van der Waals surface area contributed by atoms with Gasteiger partial charge in [0, 0.05) is 14.2 Å². The van der Waals surface area contributed by atoms with Crippen molar-refractivity contribution in [2.75, 3.05) is 20.8 Å². The highest BCUT2D eigenvalue weighted by atomic mass is 35.6. The van der Waals surface area contributed by atoms with Gasteiger partial charge in [0.15, 0.2) is 0 Å². The maximum Gasteiger partial charge on any atom is 0.408 e. The monoisotopic (exact) mass is 413 g/mol. The van der Waals surface area contributed by atoms with Gasteiger partial charge in [0.2, 0.25) is 9.58 Å². The molecule has 0 aromatic rings. The van der Waals surface area contributed by atoms with Crippen LogP contribution in [0.15, 0.2) is 0 Å². The van der Waals surface area contributed by atoms with Crippen LogP contribution in [0.3, 0.4) is 0 Å². The van der Waals surface area contributed by atoms with Crippen molar-refractivity contribution in [3.63, 3.8) is 0 Å². The van der Waals surface area contributed by atoms with E-state index in [4.69, 9.17) is 53.3 Å². The van der Waals surface area contributed by atoms with Crippen LogP contribution in [0, 0.1) is 0 Å². The Labute approximate surface area is 149 Å². The van der Waals surface area contributed by atoms with Gasteiger partial charge in [-0.1, -0.05) is 34.8 Å². The van der Waals surface area contributed by atoms with Crippen molar-refractivity contribution in [1.82, 2.24) is 5.32 Å². The first-order chi connectivity index (χ1) is 10.2. The van der Waals surface area contributed by atoms with E-state index in [1.54, 1.807) is 20.8 Å². The second-order valence-electron chi connectivity index (χ2n) is 5.18. The third-order valence-corrected chi connectivity index (χ3v) is 4.40. The Morgan fingerprint density at radius 3 is 1.96 bits per heavy atom. The molecule has 0 aliphatic carbocycles. The van der Waals surface area contributed by atoms with Gasteiger partial charge >= 0.3 is 19.7 Å². The fraction of sp³-hybridized carbons (Fsp3) is 0.818. The molecule has 0 aliphatic rings. The standard InChI is InChI=1S/C11H19Cl3NO7P/c1-10(2,3)22-9(17)15-7(23(18,19-4)20-5)8(16)21-6-11(12,13)14/h7H,6H2,1-5H3,(H,15,17). The molecule has 136 valence electrons. The first-order valence-corrected chi connectivity index (χ1v) is 8.93. The number of amides is 1. The number of esters is 1. The molecular weight excluding hydrogens is 395 g/mol. The lowest BCUT2D eigenvalue weighted by Gasteiger charge is -2.26. The largest absolute Gasteiger partial charge is 0.459 e. The van der Waals surface area contributed by atoms with Gasteiger partial charge in [-0.2, -0.15) is 0 Å². The first kappa shape index (κ1) is 22.8. The quantitative estimate of drug-likeness (QED) is 0.404. The summed E-state index contributed by atoms with van der Waals surface area (Å²) in [5, 5.41) is 2.07. The molecule has 0 aromatic heterocycles. The second-order valence-corrected chi connectivity index (χ2v) is 10.0. The fourth-order valence-electron chi connectivity index (χ4n) is 1.20. The minimum Gasteiger partial charge on any atom is -0.459 e. The minimum atomic E-state index is -4.06. The van der Waals surface area contributed by atoms with Crippen molar-refractivity contribution < 1.29 is 32.7 Å². The van der Waals surface area contributed by atoms with E-state index in [2.05, 4.69) is 5.32 Å². The molecule has 0 fully saturated rings. The van der Waals surface area contributed by atoms with Crippen LogP contribution in [-0.2, 0) is 27.9 Å². The molecular formula is C11H19Cl3NO7P. The highest BCUT2D eigenvalue weighted by molar-refractivity contribution is 7.55. The Kier molecular flexibility index (Phi) is 8.65. The normalized spacial score (nSPS) is 14.1. The summed E-state index contributed by atoms with van der Waals surface area (Å²) in [7, 11) is -1.99. The zero-order valence-corrected chi connectivity index (χ0v) is 16.4. The second kappa shape index (κ2) is 8.74. The number of hydrogen-bond acceptors (Lipinski definition) is 7. The highest BCUT2D eigenvalue weighted by Crippen LogP contribution is 2.51. The van der Waals surface area contributed by atoms with Gasteiger partial charge in [-0.25, -0.2) is 9.59 Å². The highest BCUT2D eigenvalue weighted by Gasteiger charge is 2.44. The Hall–Kier alpha value is -0.240. The topological polar surface area (TPSA) is 100 Å². The molecule has 0 aliphatic heterocycles. The molecule has 0 bridgehead atoms. The molecule has 0 aromatic carbocycles. The average molecular weight is 415 g/mol. The summed E-state index contributed by atoms with van der Waals surface area (Å²) in [6, 6.07) is 0. The molecule has 0 heterocycles. The third-order valence-electron chi connectivity index (χ3n) is 2.08. The van der Waals surface area contributed by atoms with Gasteiger partial charge < -0.3 is 18.5 Å². The van der Waals surface area contributed by atoms with Crippen molar-refractivity contribution in [2.24, 2.45) is 0 Å². The molecule has 0 spiro atoms. The molecule has 0 rings (SSSR count). The van der Waals surface area contributed by atoms with Crippen molar-refractivity contribution >= 4 is 54.5 Å². The predicted octanol–water partition coefficient (Wildman–Crippen LogP) is 3.24. The van der Waals surface area contributed by atoms with Gasteiger partial charge in [-0.15, -0.1) is 0 Å². The molecule has 1 unspecified atom stereocenters. The Balaban J connectivity index is 5.22. The van der Waals surface area contributed by atoms with Crippen LogP contribution in [0.25, 0.3) is 0 Å². The van der Waals surface area contributed by atoms with E-state index in [-0.39, 0.29) is 0 Å². The summed E-state index contributed by atoms with van der Waals surface area (Å²) in [6.07, 6.45) is -1.03. The summed E-state index contributed by atoms with van der Waals surface area (Å²) in [6.45, 7) is 4.19. The van der Waals surface area contributed by atoms with Crippen molar-refractivity contribution in [2.45, 2.75) is 35.9 Å². The van der Waals surface area contributed by atoms with Gasteiger partial charge in [0.05, 0.1) is 0 Å². The molecule has 12 heteroatoms. The summed E-state index contributed by atoms with van der Waals surface area (Å²) in [5.41, 5.74) is -0.847. The molecule has 0 radical (unpaired) electrons. The van der Waals surface area contributed by atoms with Crippen LogP contribution in [0.1, 0.15) is 20.8 Å². The molecule has 8 nitrogen and oxygen atoms in total. The maximum atomic E-state index is 12.4. The van der Waals surface area contributed by atoms with Crippen LogP contribution in [0.5, 0.6) is 0 Å². The van der Waals surface area contributed by atoms with Crippen molar-refractivity contribution in [1.29, 1.82) is 0 Å². The molecule has 1 amide bonds. The van der Waals surface area contributed by atoms with Crippen molar-refractivity contribution in [3.05, 3.63) is 0 Å². The summed E-state index contributed by atoms with van der Waals surface area (Å²) < 4.78 is 29.6. The first-order valence-electron chi connectivity index (χ1n) is 6.18. The van der Waals surface area contributed by atoms with E-state index >= 15 is 0 Å². The molecule has 23 heavy (non-hydrogen) atoms. The summed E-state index contributed by atoms with van der Waals surface area (Å²) >= 11 is 16.4. The number of ether oxygens (including phenoxy) is 2. The van der Waals surface area contributed by atoms with E-state index in [9.17, 15) is 14.2 Å². The SMILES string of the molecule is COP(=O)(OC)C(NC(=O)OC(C)(C)C)C(=O)OCC(Cl)(Cl)Cl. The van der Waals surface area contributed by atoms with Crippen LogP contribution < -0.4 is 5.32 Å². The molecule has 1 atom stereocenters. The van der Waals surface area contributed by atoms with Gasteiger partial charge in [-0.05, 0) is 20.8 Å². The number of carbonyl (C=O) groups is 2. The van der Waals surface area contributed by atoms with E-state index in [0.29, 0.717) is 0 Å². The number of alkyl halides is 3. The van der Waals surface area contributed by atoms with E-state index in [1.165, 1.54) is 0 Å². The molecule has 1 N–H and O–H groups in total. The number of nitrogens with one attached hydrogen (secondary N) is 1. The summed E-state index contributed by atoms with van der Waals surface area (Å²) in [5.74, 6) is -2.96. The maximum absolute atomic E-state index is 12.4. The van der Waals surface area contributed by atoms with Crippen LogP contribution >= 0.6 is 42.4 Å². The minimum absolute atomic E-state index is 0.629. The fourth-order valence-corrected chi connectivity index (χ4v) is 2.53. The van der Waals surface area contributed by atoms with Gasteiger partial charge in [0.25, 0.3) is 0 Å². The third kappa shape index (κ3) is 8.98. The van der Waals surface area contributed by atoms with E-state index < -0.39 is 41.4 Å². The number of hydrogen-bond donors (Lipinski definition) is 1. The van der Waals surface area contributed by atoms with Crippen LogP contribution in [-0.4, -0.2) is 48.1 Å².